The van der Waals surface area contributed by atoms with Gasteiger partial charge in [0.1, 0.15) is 0 Å². The molecule has 3 aromatic carbocycles. The first-order valence-electron chi connectivity index (χ1n) is 16.5. The molecule has 4 aromatic rings. The number of nitrogens with one attached hydrogen (secondary N) is 4. The zero-order valence-corrected chi connectivity index (χ0v) is 29.2. The van der Waals surface area contributed by atoms with Crippen molar-refractivity contribution in [3.05, 3.63) is 90.5 Å². The van der Waals surface area contributed by atoms with E-state index in [1.54, 1.807) is 0 Å². The third-order valence-corrected chi connectivity index (χ3v) is 11.1. The van der Waals surface area contributed by atoms with Crippen molar-refractivity contribution in [3.63, 3.8) is 0 Å². The van der Waals surface area contributed by atoms with Gasteiger partial charge < -0.3 is 25.5 Å². The largest absolute Gasteiger partial charge is 0.341 e. The summed E-state index contributed by atoms with van der Waals surface area (Å²) in [5.74, 6) is 0. The second kappa shape index (κ2) is 10.7. The van der Waals surface area contributed by atoms with Crippen LogP contribution in [0.25, 0.3) is 28.2 Å². The van der Waals surface area contributed by atoms with E-state index >= 15 is 0 Å². The van der Waals surface area contributed by atoms with E-state index in [2.05, 4.69) is 187 Å². The summed E-state index contributed by atoms with van der Waals surface area (Å²) in [4.78, 5) is 0. The first-order valence-corrected chi connectivity index (χ1v) is 16.5. The van der Waals surface area contributed by atoms with Crippen molar-refractivity contribution in [2.75, 3.05) is 0 Å². The molecule has 0 atom stereocenters. The smallest absolute Gasteiger partial charge is 0.332 e. The highest BCUT2D eigenvalue weighted by molar-refractivity contribution is 6.70. The van der Waals surface area contributed by atoms with Gasteiger partial charge in [-0.3, -0.25) is 0 Å². The predicted molar refractivity (Wildman–Crippen MR) is 195 cm³/mol. The monoisotopic (exact) mass is 599 g/mol. The molecule has 5 nitrogen and oxygen atoms in total. The zero-order chi connectivity index (χ0) is 32.6. The average Bonchev–Trinajstić information content (AvgIpc) is 3.56. The molecule has 0 saturated carbocycles. The van der Waals surface area contributed by atoms with E-state index in [0.29, 0.717) is 0 Å². The van der Waals surface area contributed by atoms with E-state index in [4.69, 9.17) is 0 Å². The molecule has 1 aromatic heterocycles. The van der Waals surface area contributed by atoms with Gasteiger partial charge in [0.15, 0.2) is 0 Å². The van der Waals surface area contributed by atoms with E-state index in [9.17, 15) is 0 Å². The zero-order valence-electron chi connectivity index (χ0n) is 29.2. The van der Waals surface area contributed by atoms with Crippen molar-refractivity contribution in [2.24, 2.45) is 0 Å². The van der Waals surface area contributed by atoms with E-state index < -0.39 is 0 Å². The molecule has 2 saturated heterocycles. The number of benzene rings is 3. The van der Waals surface area contributed by atoms with Crippen LogP contribution >= 0.6 is 0 Å². The Bertz CT molecular complexity index is 1550. The van der Waals surface area contributed by atoms with Gasteiger partial charge in [-0.05, 0) is 113 Å². The van der Waals surface area contributed by atoms with E-state index in [1.165, 1.54) is 39.0 Å². The molecule has 7 heteroatoms. The molecular formula is C38H51B2N5. The lowest BCUT2D eigenvalue weighted by molar-refractivity contribution is 0.295. The lowest BCUT2D eigenvalue weighted by atomic mass is 9.69. The molecular weight excluding hydrogens is 548 g/mol. The van der Waals surface area contributed by atoms with Gasteiger partial charge in [-0.25, -0.2) is 0 Å². The average molecular weight is 599 g/mol. The van der Waals surface area contributed by atoms with Crippen LogP contribution < -0.4 is 31.8 Å². The minimum absolute atomic E-state index is 0.00892. The molecule has 0 aliphatic carbocycles. The first-order chi connectivity index (χ1) is 20.9. The summed E-state index contributed by atoms with van der Waals surface area (Å²) in [6.07, 6.45) is 0. The number of rotatable bonds is 5. The fourth-order valence-electron chi connectivity index (χ4n) is 6.54. The van der Waals surface area contributed by atoms with Crippen molar-refractivity contribution in [3.8, 4) is 28.2 Å². The van der Waals surface area contributed by atoms with Crippen LogP contribution in [0.5, 0.6) is 0 Å². The van der Waals surface area contributed by atoms with Crippen LogP contribution in [0.4, 0.5) is 0 Å². The Morgan fingerprint density at radius 2 is 0.800 bits per heavy atom. The molecule has 45 heavy (non-hydrogen) atoms. The number of hydrogen-bond donors (Lipinski definition) is 4. The Morgan fingerprint density at radius 1 is 0.467 bits per heavy atom. The van der Waals surface area contributed by atoms with Crippen LogP contribution in [0.1, 0.15) is 81.7 Å². The van der Waals surface area contributed by atoms with Crippen LogP contribution in [-0.4, -0.2) is 40.7 Å². The maximum atomic E-state index is 3.78. The Kier molecular flexibility index (Phi) is 7.60. The van der Waals surface area contributed by atoms with Crippen LogP contribution in [0.3, 0.4) is 0 Å². The van der Waals surface area contributed by atoms with Crippen molar-refractivity contribution in [2.45, 2.75) is 104 Å². The van der Waals surface area contributed by atoms with Crippen LogP contribution in [0, 0.1) is 0 Å². The quantitative estimate of drug-likeness (QED) is 0.213. The fourth-order valence-corrected chi connectivity index (χ4v) is 6.54. The fraction of sp³-hybridized carbons (Fsp3) is 0.421. The Labute approximate surface area is 272 Å². The standard InChI is InChI=1S/C38H51B2N5/c1-34(2,3)28-16-22-31(23-17-28)45-32(26-12-18-29(19-13-26)39-41-35(4,5)36(6,7)42-39)24-25-33(45)27-14-20-30(21-15-27)40-43-37(8,9)38(10,11)44-40/h12-25,41-44H,1-11H3. The lowest BCUT2D eigenvalue weighted by Crippen LogP contribution is -2.51. The van der Waals surface area contributed by atoms with Gasteiger partial charge in [-0.15, -0.1) is 0 Å². The molecule has 2 aliphatic rings. The Balaban J connectivity index is 1.36. The van der Waals surface area contributed by atoms with Crippen molar-refractivity contribution in [1.29, 1.82) is 0 Å². The van der Waals surface area contributed by atoms with Gasteiger partial charge in [0.05, 0.1) is 11.4 Å². The summed E-state index contributed by atoms with van der Waals surface area (Å²) in [7, 11) is 0. The van der Waals surface area contributed by atoms with Gasteiger partial charge in [-0.1, -0.05) is 81.4 Å². The molecule has 0 radical (unpaired) electrons. The summed E-state index contributed by atoms with van der Waals surface area (Å²) in [6.45, 7) is 25.2. The summed E-state index contributed by atoms with van der Waals surface area (Å²) in [5.41, 5.74) is 9.82. The summed E-state index contributed by atoms with van der Waals surface area (Å²) in [6, 6.07) is 31.7. The van der Waals surface area contributed by atoms with Gasteiger partial charge >= 0.3 is 14.0 Å². The third-order valence-electron chi connectivity index (χ3n) is 11.1. The summed E-state index contributed by atoms with van der Waals surface area (Å²) < 4.78 is 2.41. The van der Waals surface area contributed by atoms with Crippen LogP contribution in [0.2, 0.25) is 0 Å². The topological polar surface area (TPSA) is 53.1 Å². The van der Waals surface area contributed by atoms with Crippen molar-refractivity contribution >= 4 is 24.9 Å². The van der Waals surface area contributed by atoms with E-state index in [-0.39, 0.29) is 41.5 Å². The number of hydrogen-bond acceptors (Lipinski definition) is 4. The molecule has 2 fully saturated rings. The van der Waals surface area contributed by atoms with Gasteiger partial charge in [0.25, 0.3) is 0 Å². The minimum atomic E-state index is -0.00892. The maximum absolute atomic E-state index is 3.78. The summed E-state index contributed by atoms with van der Waals surface area (Å²) in [5, 5.41) is 15.1. The molecule has 0 bridgehead atoms. The Morgan fingerprint density at radius 3 is 1.11 bits per heavy atom. The van der Waals surface area contributed by atoms with E-state index in [0.717, 1.165) is 5.69 Å². The maximum Gasteiger partial charge on any atom is 0.341 e. The van der Waals surface area contributed by atoms with Gasteiger partial charge in [0.2, 0.25) is 0 Å². The first kappa shape index (κ1) is 31.9. The molecule has 234 valence electrons. The van der Waals surface area contributed by atoms with Crippen LogP contribution in [-0.2, 0) is 5.41 Å². The molecule has 0 spiro atoms. The molecule has 0 unspecified atom stereocenters. The Hall–Kier alpha value is -3.09. The second-order valence-electron chi connectivity index (χ2n) is 16.4. The number of nitrogens with zero attached hydrogens (tertiary/aromatic N) is 1. The highest BCUT2D eigenvalue weighted by atomic mass is 15.2. The molecule has 2 aliphatic heterocycles. The lowest BCUT2D eigenvalue weighted by Gasteiger charge is -2.34. The van der Waals surface area contributed by atoms with Gasteiger partial charge in [0, 0.05) is 27.8 Å². The molecule has 3 heterocycles. The molecule has 0 amide bonds. The normalized spacial score (nSPS) is 20.2. The highest BCUT2D eigenvalue weighted by Crippen LogP contribution is 2.34. The predicted octanol–water partition coefficient (Wildman–Crippen LogP) is 6.00. The van der Waals surface area contributed by atoms with Crippen molar-refractivity contribution < 1.29 is 0 Å². The second-order valence-corrected chi connectivity index (χ2v) is 16.4. The third kappa shape index (κ3) is 5.74. The SMILES string of the molecule is CC(C)(C)c1ccc(-n2c(-c3ccc(B4NC(C)(C)C(C)(C)N4)cc3)ccc2-c2ccc(B3NC(C)(C)C(C)(C)N3)cc2)cc1. The minimum Gasteiger partial charge on any atom is -0.332 e. The van der Waals surface area contributed by atoms with E-state index in [1.807, 2.05) is 0 Å². The van der Waals surface area contributed by atoms with Crippen molar-refractivity contribution in [1.82, 2.24) is 25.5 Å². The molecule has 4 N–H and O–H groups in total. The number of aromatic nitrogens is 1. The summed E-state index contributed by atoms with van der Waals surface area (Å²) >= 11 is 0. The highest BCUT2D eigenvalue weighted by Gasteiger charge is 2.48. The van der Waals surface area contributed by atoms with Crippen LogP contribution in [0.15, 0.2) is 84.9 Å². The van der Waals surface area contributed by atoms with Gasteiger partial charge in [-0.2, -0.15) is 0 Å². The molecule has 6 rings (SSSR count).